The van der Waals surface area contributed by atoms with Crippen LogP contribution in [0.25, 0.3) is 21.8 Å². The maximum Gasteiger partial charge on any atom is 0.270 e. The molecular formula is C28H27B29ClN10O2. The monoisotopic (exact) mass is 889 g/mol. The molecule has 7 N–H and O–H groups in total. The molecule has 0 unspecified atom stereocenters. The number of imidazole rings is 3. The molecule has 0 aliphatic carbocycles. The number of alkyl halides is 1. The summed E-state index contributed by atoms with van der Waals surface area (Å²) in [6.45, 7) is 0. The standard InChI is InChI=1S/C12H10N4O2.C12H12N4.C4H5ClN2.B29/c17-16(18)10-1-2-12-11(4-10)8(5-14-12)3-9-6-13-7-15-9;13-9-1-2-12-11(4-9)8(5-15-12)3-10-6-14-7-16-10;5-1-4-2-6-3-7-4;1-16-24(17(2)3)28(25(18(4)5)19(6)7)29(26(20(8)9)21(10)11)27(22(12)13)23(14)15/h1-2,4-7,14H,3H2,(H,13,15);1-2,4-7,15H,3,13H2,(H,14,16);2-3H,1H2,(H,6,7);. The zero-order chi connectivity index (χ0) is 51.8. The average Bonchev–Trinajstić information content (AvgIpc) is 4.16. The largest absolute Gasteiger partial charge is 0.399 e. The van der Waals surface area contributed by atoms with Gasteiger partial charge in [-0.1, -0.05) is 0 Å². The summed E-state index contributed by atoms with van der Waals surface area (Å²) in [7, 11) is 91.2. The number of nitro groups is 1. The molecule has 31 radical (unpaired) electrons. The number of H-pyrrole nitrogens is 5. The van der Waals surface area contributed by atoms with Gasteiger partial charge in [0.15, 0.2) is 0 Å². The van der Waals surface area contributed by atoms with Gasteiger partial charge in [0.1, 0.15) is 0 Å². The summed E-state index contributed by atoms with van der Waals surface area (Å²) in [6.07, 6.45) is 3.73. The molecule has 0 atom stereocenters. The van der Waals surface area contributed by atoms with E-state index in [2.05, 4.69) is 39.9 Å². The number of hydrogen-bond donors (Lipinski definition) is 6. The Morgan fingerprint density at radius 3 is 1.30 bits per heavy atom. The molecule has 5 aromatic heterocycles. The summed E-state index contributed by atoms with van der Waals surface area (Å²) < 4.78 is 0. The van der Waals surface area contributed by atoms with Crippen LogP contribution < -0.4 is 5.73 Å². The number of nitrogens with zero attached hydrogens (tertiary/aromatic N) is 4. The Morgan fingerprint density at radius 2 is 0.957 bits per heavy atom. The molecule has 70 heavy (non-hydrogen) atoms. The molecule has 42 heteroatoms. The molecule has 12 nitrogen and oxygen atoms in total. The summed E-state index contributed by atoms with van der Waals surface area (Å²) in [4.78, 5) is 37.4. The Morgan fingerprint density at radius 1 is 0.557 bits per heavy atom. The molecule has 0 aliphatic rings. The van der Waals surface area contributed by atoms with E-state index in [0.29, 0.717) is 12.3 Å². The minimum Gasteiger partial charge on any atom is -0.399 e. The second-order valence-electron chi connectivity index (χ2n) is 16.8. The van der Waals surface area contributed by atoms with Gasteiger partial charge in [-0.25, -0.2) is 15.0 Å². The number of nitrogens with one attached hydrogen (secondary N) is 5. The Labute approximate surface area is 442 Å². The summed E-state index contributed by atoms with van der Waals surface area (Å²) in [5, 5.41) is 12.8. The van der Waals surface area contributed by atoms with E-state index in [-0.39, 0.29) is 10.6 Å². The van der Waals surface area contributed by atoms with Gasteiger partial charge >= 0.3 is 0 Å². The van der Waals surface area contributed by atoms with Crippen molar-refractivity contribution in [1.82, 2.24) is 39.9 Å². The van der Waals surface area contributed by atoms with Gasteiger partial charge in [0.05, 0.1) is 29.8 Å². The molecule has 7 rings (SSSR count). The minimum atomic E-state index is -1.03. The van der Waals surface area contributed by atoms with E-state index in [4.69, 9.17) is 133 Å². The summed E-state index contributed by atoms with van der Waals surface area (Å²) >= 11 is 5.40. The fourth-order valence-electron chi connectivity index (χ4n) is 8.66. The smallest absolute Gasteiger partial charge is 0.270 e. The highest BCUT2D eigenvalue weighted by Crippen LogP contribution is 2.25. The van der Waals surface area contributed by atoms with E-state index in [0.717, 1.165) is 51.2 Å². The maximum absolute atomic E-state index is 10.8. The fourth-order valence-corrected chi connectivity index (χ4v) is 8.81. The molecule has 0 saturated carbocycles. The topological polar surface area (TPSA) is 187 Å². The number of rotatable bonds is 19. The van der Waals surface area contributed by atoms with Crippen LogP contribution in [0.2, 0.25) is 0 Å². The third kappa shape index (κ3) is 16.5. The van der Waals surface area contributed by atoms with E-state index < -0.39 is 83.0 Å². The highest BCUT2D eigenvalue weighted by atomic mass is 35.5. The molecule has 7 aromatic rings. The number of aromatic amines is 5. The Balaban J connectivity index is 0.000000221. The van der Waals surface area contributed by atoms with Crippen LogP contribution in [0.4, 0.5) is 11.4 Å². The normalized spacial score (nSPS) is 10.1. The van der Waals surface area contributed by atoms with Gasteiger partial charge in [0.25, 0.3) is 5.69 Å². The van der Waals surface area contributed by atoms with Crippen LogP contribution in [0.15, 0.2) is 86.4 Å². The number of nitro benzene ring substituents is 1. The van der Waals surface area contributed by atoms with Crippen LogP contribution in [0.5, 0.6) is 0 Å². The number of nitrogen functional groups attached to an aromatic ring is 1. The predicted octanol–water partition coefficient (Wildman–Crippen LogP) is -5.44. The molecule has 0 fully saturated rings. The Bertz CT molecular complexity index is 2530. The average molecular weight is 885 g/mol. The highest BCUT2D eigenvalue weighted by Gasteiger charge is 2.51. The van der Waals surface area contributed by atoms with Gasteiger partial charge < -0.3 is 30.7 Å². The zero-order valence-corrected chi connectivity index (χ0v) is 39.3. The van der Waals surface area contributed by atoms with Crippen LogP contribution >= 0.6 is 11.6 Å². The van der Waals surface area contributed by atoms with Gasteiger partial charge in [-0.3, -0.25) is 10.1 Å². The van der Waals surface area contributed by atoms with E-state index in [1.165, 1.54) is 24.1 Å². The molecule has 295 valence electrons. The van der Waals surface area contributed by atoms with Crippen molar-refractivity contribution in [1.29, 1.82) is 0 Å². The van der Waals surface area contributed by atoms with E-state index in [1.54, 1.807) is 43.5 Å². The number of hydrogen-bond acceptors (Lipinski definition) is 6. The fraction of sp³-hybridized carbons (Fsp3) is 0.107. The zero-order valence-electron chi connectivity index (χ0n) is 38.5. The molecule has 5 heterocycles. The van der Waals surface area contributed by atoms with E-state index >= 15 is 0 Å². The van der Waals surface area contributed by atoms with Crippen molar-refractivity contribution in [3.05, 3.63) is 125 Å². The first-order valence-corrected chi connectivity index (χ1v) is 22.4. The predicted molar refractivity (Wildman–Crippen MR) is 325 cm³/mol. The lowest BCUT2D eigenvalue weighted by Crippen LogP contribution is -2.87. The molecule has 0 saturated heterocycles. The number of fused-ring (bicyclic) bond motifs is 2. The number of non-ortho nitro benzene ring substituents is 1. The van der Waals surface area contributed by atoms with Crippen molar-refractivity contribution >= 4 is 251 Å². The Kier molecular flexibility index (Phi) is 24.2. The quantitative estimate of drug-likeness (QED) is 0.0155. The molecule has 2 aromatic carbocycles. The molecular weight excluding hydrogens is 857 g/mol. The van der Waals surface area contributed by atoms with Crippen molar-refractivity contribution in [2.45, 2.75) is 18.7 Å². The molecule has 0 bridgehead atoms. The Hall–Kier alpha value is -3.48. The van der Waals surface area contributed by atoms with Crippen LogP contribution in [-0.2, 0) is 18.7 Å². The second-order valence-corrected chi connectivity index (χ2v) is 17.1. The van der Waals surface area contributed by atoms with Gasteiger partial charge in [-0.2, -0.15) is 0 Å². The molecule has 0 aliphatic heterocycles. The van der Waals surface area contributed by atoms with Crippen molar-refractivity contribution in [3.8, 4) is 0 Å². The number of benzene rings is 2. The van der Waals surface area contributed by atoms with Crippen LogP contribution in [0.1, 0.15) is 28.2 Å². The second kappa shape index (κ2) is 28.7. The number of anilines is 1. The minimum absolute atomic E-state index is 0.105. The number of aromatic nitrogens is 8. The molecule has 0 amide bonds. The van der Waals surface area contributed by atoms with Crippen LogP contribution in [0.3, 0.4) is 0 Å². The third-order valence-electron chi connectivity index (χ3n) is 11.9. The molecule has 0 spiro atoms. The first kappa shape index (κ1) is 59.1. The van der Waals surface area contributed by atoms with Crippen LogP contribution in [-0.4, -0.2) is 251 Å². The van der Waals surface area contributed by atoms with Gasteiger partial charge in [0.2, 0.25) is 0 Å². The maximum atomic E-state index is 10.8. The number of nitrogens with two attached hydrogens (primary N) is 1. The van der Waals surface area contributed by atoms with E-state index in [9.17, 15) is 10.1 Å². The van der Waals surface area contributed by atoms with Crippen molar-refractivity contribution in [2.24, 2.45) is 0 Å². The lowest BCUT2D eigenvalue weighted by Gasteiger charge is -2.49. The van der Waals surface area contributed by atoms with Gasteiger partial charge in [-0.05, 0) is 35.4 Å². The van der Waals surface area contributed by atoms with Crippen molar-refractivity contribution < 1.29 is 4.92 Å². The summed E-state index contributed by atoms with van der Waals surface area (Å²) in [5.41, 5.74) is 14.0. The van der Waals surface area contributed by atoms with Crippen molar-refractivity contribution in [2.75, 3.05) is 5.73 Å². The first-order valence-electron chi connectivity index (χ1n) is 21.9. The highest BCUT2D eigenvalue weighted by molar-refractivity contribution is 8.26. The lowest BCUT2D eigenvalue weighted by atomic mass is 8.32. The van der Waals surface area contributed by atoms with Crippen molar-refractivity contribution in [3.63, 3.8) is 0 Å². The third-order valence-corrected chi connectivity index (χ3v) is 12.2. The number of halogens is 1. The van der Waals surface area contributed by atoms with Gasteiger partial charge in [0, 0.05) is 307 Å². The summed E-state index contributed by atoms with van der Waals surface area (Å²) in [6, 6.07) is 10.7. The summed E-state index contributed by atoms with van der Waals surface area (Å²) in [5.74, 6) is 0.514. The van der Waals surface area contributed by atoms with E-state index in [1.807, 2.05) is 36.8 Å². The van der Waals surface area contributed by atoms with Crippen LogP contribution in [0, 0.1) is 10.1 Å². The first-order chi connectivity index (χ1) is 33.2. The van der Waals surface area contributed by atoms with Gasteiger partial charge in [-0.15, -0.1) is 11.6 Å². The lowest BCUT2D eigenvalue weighted by molar-refractivity contribution is -0.384. The SMILES string of the molecule is ClCc1cnc[nH]1.Nc1ccc2[nH]cc(Cc3cnc[nH]3)c2c1.O=[N+]([O-])c1ccc2[nH]cc(Cc3cnc[nH]3)c2c1.[B][B]B(B([B])[B])B(B(B([B])[B])B([B])[B])B(B(B([B])[B])B([B])[B])B(B([B])[B])B([B])[B].